The van der Waals surface area contributed by atoms with Crippen molar-refractivity contribution in [3.63, 3.8) is 0 Å². The van der Waals surface area contributed by atoms with Gasteiger partial charge in [0, 0.05) is 30.9 Å². The predicted molar refractivity (Wildman–Crippen MR) is 132 cm³/mol. The second-order valence-corrected chi connectivity index (χ2v) is 7.64. The number of ether oxygens (including phenoxy) is 1. The van der Waals surface area contributed by atoms with Gasteiger partial charge in [0.2, 0.25) is 5.58 Å². The number of carbonyl (C=O) groups excluding carboxylic acids is 2. The lowest BCUT2D eigenvalue weighted by atomic mass is 10.1. The van der Waals surface area contributed by atoms with Crippen molar-refractivity contribution in [3.05, 3.63) is 77.9 Å². The third-order valence-electron chi connectivity index (χ3n) is 5.09. The molecular weight excluding hydrogens is 450 g/mol. The molecule has 1 heterocycles. The summed E-state index contributed by atoms with van der Waals surface area (Å²) in [6.45, 7) is 0.543. The first-order chi connectivity index (χ1) is 17.0. The molecule has 0 unspecified atom stereocenters. The van der Waals surface area contributed by atoms with Crippen molar-refractivity contribution in [2.45, 2.75) is 13.0 Å². The van der Waals surface area contributed by atoms with E-state index in [9.17, 15) is 9.59 Å². The molecule has 4 aromatic rings. The number of nitrogen functional groups attached to an aromatic ring is 1. The van der Waals surface area contributed by atoms with E-state index in [2.05, 4.69) is 21.1 Å². The van der Waals surface area contributed by atoms with Crippen LogP contribution in [0.1, 0.15) is 22.3 Å². The van der Waals surface area contributed by atoms with Crippen LogP contribution in [0.2, 0.25) is 0 Å². The number of urea groups is 1. The van der Waals surface area contributed by atoms with Crippen molar-refractivity contribution < 1.29 is 24.0 Å². The number of aromatic nitrogens is 1. The monoisotopic (exact) mass is 475 g/mol. The molecule has 3 aromatic carbocycles. The maximum atomic E-state index is 13.0. The van der Waals surface area contributed by atoms with Gasteiger partial charge in [-0.2, -0.15) is 0 Å². The van der Waals surface area contributed by atoms with Crippen LogP contribution in [0.3, 0.4) is 0 Å². The van der Waals surface area contributed by atoms with Crippen LogP contribution in [0.4, 0.5) is 22.0 Å². The number of aliphatic hydroxyl groups is 1. The number of anilines is 3. The molecule has 0 spiro atoms. The molecule has 10 nitrogen and oxygen atoms in total. The quantitative estimate of drug-likeness (QED) is 0.231. The molecule has 3 amide bonds. The lowest BCUT2D eigenvalue weighted by molar-refractivity contribution is 0.102. The van der Waals surface area contributed by atoms with E-state index in [1.807, 2.05) is 24.3 Å². The largest absolute Gasteiger partial charge is 0.489 e. The highest BCUT2D eigenvalue weighted by molar-refractivity contribution is 6.15. The topological polar surface area (TPSA) is 152 Å². The second-order valence-electron chi connectivity index (χ2n) is 7.64. The van der Waals surface area contributed by atoms with Gasteiger partial charge in [-0.15, -0.1) is 0 Å². The number of para-hydroxylation sites is 1. The van der Waals surface area contributed by atoms with Crippen LogP contribution in [0, 0.1) is 0 Å². The predicted octanol–water partition coefficient (Wildman–Crippen LogP) is 3.75. The van der Waals surface area contributed by atoms with Gasteiger partial charge in [0.1, 0.15) is 0 Å². The number of nitrogens with one attached hydrogen (secondary N) is 3. The molecule has 0 fully saturated rings. The summed E-state index contributed by atoms with van der Waals surface area (Å²) in [5.74, 6) is 0.0509. The van der Waals surface area contributed by atoms with E-state index in [4.69, 9.17) is 20.1 Å². The van der Waals surface area contributed by atoms with Gasteiger partial charge in [-0.05, 0) is 42.0 Å². The fourth-order valence-corrected chi connectivity index (χ4v) is 3.44. The van der Waals surface area contributed by atoms with Crippen molar-refractivity contribution in [1.29, 1.82) is 0 Å². The Morgan fingerprint density at radius 2 is 1.80 bits per heavy atom. The zero-order chi connectivity index (χ0) is 24.6. The summed E-state index contributed by atoms with van der Waals surface area (Å²) in [4.78, 5) is 25.2. The van der Waals surface area contributed by atoms with E-state index in [0.717, 1.165) is 5.56 Å². The molecule has 4 rings (SSSR count). The number of hydrogen-bond donors (Lipinski definition) is 5. The van der Waals surface area contributed by atoms with Gasteiger partial charge in [-0.1, -0.05) is 35.5 Å². The molecule has 0 aliphatic rings. The summed E-state index contributed by atoms with van der Waals surface area (Å²) in [5.41, 5.74) is 8.52. The van der Waals surface area contributed by atoms with Crippen LogP contribution in [0.25, 0.3) is 11.0 Å². The Morgan fingerprint density at radius 3 is 2.60 bits per heavy atom. The molecule has 10 heteroatoms. The highest BCUT2D eigenvalue weighted by Gasteiger charge is 2.20. The smallest absolute Gasteiger partial charge is 0.319 e. The summed E-state index contributed by atoms with van der Waals surface area (Å²) in [6.07, 6.45) is 0.451. The minimum absolute atomic E-state index is 0.00550. The fraction of sp³-hybridized carbons (Fsp3) is 0.160. The number of carbonyl (C=O) groups is 2. The van der Waals surface area contributed by atoms with E-state index < -0.39 is 5.91 Å². The number of aliphatic hydroxyl groups excluding tert-OH is 1. The summed E-state index contributed by atoms with van der Waals surface area (Å²) in [6, 6.07) is 19.1. The molecule has 0 atom stereocenters. The molecule has 0 saturated carbocycles. The lowest BCUT2D eigenvalue weighted by Crippen LogP contribution is -2.28. The Labute approximate surface area is 201 Å². The SMILES string of the molecule is Nc1noc2c(OCCCO)ccc(C(=O)Nc3cccc(CNC(=O)Nc4ccccc4)c3)c12. The third-order valence-corrected chi connectivity index (χ3v) is 5.09. The van der Waals surface area contributed by atoms with Crippen molar-refractivity contribution in [2.24, 2.45) is 0 Å². The van der Waals surface area contributed by atoms with Gasteiger partial charge >= 0.3 is 6.03 Å². The Bertz CT molecular complexity index is 1320. The third kappa shape index (κ3) is 5.87. The zero-order valence-corrected chi connectivity index (χ0v) is 18.8. The van der Waals surface area contributed by atoms with E-state index in [1.165, 1.54) is 0 Å². The molecule has 0 bridgehead atoms. The first-order valence-electron chi connectivity index (χ1n) is 11.0. The minimum atomic E-state index is -0.404. The van der Waals surface area contributed by atoms with Gasteiger partial charge in [-0.25, -0.2) is 4.79 Å². The average molecular weight is 476 g/mol. The fourth-order valence-electron chi connectivity index (χ4n) is 3.44. The summed E-state index contributed by atoms with van der Waals surface area (Å²) < 4.78 is 10.9. The summed E-state index contributed by atoms with van der Waals surface area (Å²) in [5, 5.41) is 21.4. The maximum absolute atomic E-state index is 13.0. The molecule has 180 valence electrons. The van der Waals surface area contributed by atoms with E-state index in [0.29, 0.717) is 28.9 Å². The summed E-state index contributed by atoms with van der Waals surface area (Å²) >= 11 is 0. The Balaban J connectivity index is 1.43. The lowest BCUT2D eigenvalue weighted by Gasteiger charge is -2.11. The standard InChI is InChI=1S/C25H25N5O5/c26-23-21-19(10-11-20(22(21)35-30-23)34-13-5-12-31)24(32)28-18-9-4-6-16(14-18)15-27-25(33)29-17-7-2-1-3-8-17/h1-4,6-11,14,31H,5,12-13,15H2,(H2,26,30)(H,28,32)(H2,27,29,33). The van der Waals surface area contributed by atoms with Crippen molar-refractivity contribution in [2.75, 3.05) is 29.6 Å². The van der Waals surface area contributed by atoms with Crippen LogP contribution >= 0.6 is 0 Å². The molecule has 0 aliphatic carbocycles. The van der Waals surface area contributed by atoms with Crippen LogP contribution in [0.15, 0.2) is 71.3 Å². The van der Waals surface area contributed by atoms with Crippen LogP contribution in [0.5, 0.6) is 5.75 Å². The highest BCUT2D eigenvalue weighted by Crippen LogP contribution is 2.33. The number of rotatable bonds is 9. The molecule has 1 aromatic heterocycles. The first kappa shape index (κ1) is 23.6. The Hall–Kier alpha value is -4.57. The van der Waals surface area contributed by atoms with E-state index in [-0.39, 0.29) is 42.8 Å². The van der Waals surface area contributed by atoms with Gasteiger partial charge in [0.15, 0.2) is 11.6 Å². The van der Waals surface area contributed by atoms with Gasteiger partial charge in [0.05, 0.1) is 17.6 Å². The molecule has 0 radical (unpaired) electrons. The number of nitrogens with zero attached hydrogens (tertiary/aromatic N) is 1. The molecule has 35 heavy (non-hydrogen) atoms. The number of hydrogen-bond acceptors (Lipinski definition) is 7. The van der Waals surface area contributed by atoms with Crippen LogP contribution in [-0.2, 0) is 6.54 Å². The second kappa shape index (κ2) is 11.0. The number of amides is 3. The van der Waals surface area contributed by atoms with Crippen LogP contribution < -0.4 is 26.4 Å². The van der Waals surface area contributed by atoms with Crippen molar-refractivity contribution in [3.8, 4) is 5.75 Å². The van der Waals surface area contributed by atoms with Crippen molar-refractivity contribution in [1.82, 2.24) is 10.5 Å². The van der Waals surface area contributed by atoms with E-state index >= 15 is 0 Å². The Kier molecular flexibility index (Phi) is 7.44. The highest BCUT2D eigenvalue weighted by atomic mass is 16.5. The van der Waals surface area contributed by atoms with Gasteiger partial charge in [0.25, 0.3) is 5.91 Å². The molecule has 0 saturated heterocycles. The van der Waals surface area contributed by atoms with E-state index in [1.54, 1.807) is 42.5 Å². The molecule has 0 aliphatic heterocycles. The van der Waals surface area contributed by atoms with Gasteiger partial charge in [-0.3, -0.25) is 4.79 Å². The first-order valence-corrected chi connectivity index (χ1v) is 11.0. The van der Waals surface area contributed by atoms with Crippen molar-refractivity contribution >= 4 is 40.1 Å². The normalized spacial score (nSPS) is 10.7. The minimum Gasteiger partial charge on any atom is -0.489 e. The summed E-state index contributed by atoms with van der Waals surface area (Å²) in [7, 11) is 0. The molecular formula is C25H25N5O5. The zero-order valence-electron chi connectivity index (χ0n) is 18.8. The average Bonchev–Trinajstić information content (AvgIpc) is 3.26. The van der Waals surface area contributed by atoms with Crippen LogP contribution in [-0.4, -0.2) is 35.4 Å². The van der Waals surface area contributed by atoms with Gasteiger partial charge < -0.3 is 36.1 Å². The number of nitrogens with two attached hydrogens (primary N) is 1. The number of fused-ring (bicyclic) bond motifs is 1. The molecule has 6 N–H and O–H groups in total. The number of benzene rings is 3. The maximum Gasteiger partial charge on any atom is 0.319 e. The Morgan fingerprint density at radius 1 is 1.00 bits per heavy atom.